The lowest BCUT2D eigenvalue weighted by atomic mass is 10.3. The Hall–Kier alpha value is -2.61. The van der Waals surface area contributed by atoms with Crippen molar-refractivity contribution in [2.24, 2.45) is 17.0 Å². The van der Waals surface area contributed by atoms with Gasteiger partial charge in [0.15, 0.2) is 5.15 Å². The number of aliphatic imine (C=N–C) groups is 2. The van der Waals surface area contributed by atoms with E-state index in [9.17, 15) is 4.39 Å². The molecular weight excluding hydrogens is 333 g/mol. The van der Waals surface area contributed by atoms with Gasteiger partial charge in [0, 0.05) is 30.7 Å². The zero-order valence-electron chi connectivity index (χ0n) is 13.6. The van der Waals surface area contributed by atoms with Crippen LogP contribution in [0.4, 0.5) is 21.5 Å². The van der Waals surface area contributed by atoms with E-state index in [1.54, 1.807) is 24.0 Å². The fourth-order valence-corrected chi connectivity index (χ4v) is 2.09. The predicted octanol–water partition coefficient (Wildman–Crippen LogP) is 3.11. The Labute approximate surface area is 144 Å². The average Bonchev–Trinajstić information content (AvgIpc) is 2.75. The van der Waals surface area contributed by atoms with Crippen LogP contribution in [0.5, 0.6) is 0 Å². The van der Waals surface area contributed by atoms with Gasteiger partial charge in [-0.05, 0) is 32.0 Å². The number of nitrogen functional groups attached to an aromatic ring is 1. The number of benzene rings is 1. The molecule has 0 spiro atoms. The first kappa shape index (κ1) is 17.7. The van der Waals surface area contributed by atoms with E-state index in [2.05, 4.69) is 25.7 Å². The number of halogens is 2. The van der Waals surface area contributed by atoms with Crippen LogP contribution in [0, 0.1) is 5.82 Å². The fraction of sp³-hybridized carbons (Fsp3) is 0.267. The van der Waals surface area contributed by atoms with Crippen LogP contribution in [0.3, 0.4) is 0 Å². The molecule has 0 amide bonds. The second-order valence-corrected chi connectivity index (χ2v) is 5.71. The number of hydrogen-bond donors (Lipinski definition) is 3. The maximum atomic E-state index is 13.3. The van der Waals surface area contributed by atoms with Crippen molar-refractivity contribution in [3.63, 3.8) is 0 Å². The van der Waals surface area contributed by atoms with Crippen molar-refractivity contribution in [1.82, 2.24) is 9.78 Å². The number of nitrogens with zero attached hydrogens (tertiary/aromatic N) is 4. The molecule has 0 aliphatic heterocycles. The highest BCUT2D eigenvalue weighted by molar-refractivity contribution is 6.32. The third kappa shape index (κ3) is 5.24. The minimum absolute atomic E-state index is 0.0184. The topological polar surface area (TPSA) is 92.6 Å². The van der Waals surface area contributed by atoms with E-state index in [1.807, 2.05) is 13.8 Å². The summed E-state index contributed by atoms with van der Waals surface area (Å²) in [6, 6.07) is 4.16. The van der Waals surface area contributed by atoms with Gasteiger partial charge in [0.25, 0.3) is 0 Å². The minimum Gasteiger partial charge on any atom is -0.399 e. The standard InChI is InChI=1S/C15H19ClFN7/c1-9(2)21-15(22-13-7-24(3)23-14(13)16)20-8-19-12-5-10(17)4-11(18)6-12/h4-9H,18H2,1-3H3,(H2,19,20,21,22). The molecule has 0 fully saturated rings. The van der Waals surface area contributed by atoms with Gasteiger partial charge in [-0.15, -0.1) is 0 Å². The van der Waals surface area contributed by atoms with E-state index >= 15 is 0 Å². The van der Waals surface area contributed by atoms with Crippen LogP contribution in [-0.2, 0) is 7.05 Å². The normalized spacial score (nSPS) is 12.2. The van der Waals surface area contributed by atoms with Crippen molar-refractivity contribution in [2.75, 3.05) is 16.4 Å². The molecule has 4 N–H and O–H groups in total. The summed E-state index contributed by atoms with van der Waals surface area (Å²) < 4.78 is 14.9. The van der Waals surface area contributed by atoms with E-state index in [0.717, 1.165) is 0 Å². The highest BCUT2D eigenvalue weighted by atomic mass is 35.5. The summed E-state index contributed by atoms with van der Waals surface area (Å²) in [7, 11) is 1.76. The lowest BCUT2D eigenvalue weighted by Gasteiger charge is -2.06. The third-order valence-corrected chi connectivity index (χ3v) is 3.03. The lowest BCUT2D eigenvalue weighted by Crippen LogP contribution is -2.13. The number of hydrogen-bond acceptors (Lipinski definition) is 3. The number of aryl methyl sites for hydroxylation is 1. The molecule has 2 aromatic rings. The molecule has 0 aliphatic carbocycles. The number of anilines is 3. The van der Waals surface area contributed by atoms with Crippen molar-refractivity contribution < 1.29 is 4.39 Å². The number of aromatic nitrogens is 2. The van der Waals surface area contributed by atoms with E-state index in [-0.39, 0.29) is 6.04 Å². The lowest BCUT2D eigenvalue weighted by molar-refractivity contribution is 0.629. The van der Waals surface area contributed by atoms with Crippen molar-refractivity contribution in [2.45, 2.75) is 19.9 Å². The van der Waals surface area contributed by atoms with E-state index in [1.165, 1.54) is 18.5 Å². The highest BCUT2D eigenvalue weighted by Gasteiger charge is 2.07. The third-order valence-electron chi connectivity index (χ3n) is 2.75. The van der Waals surface area contributed by atoms with Crippen molar-refractivity contribution in [3.8, 4) is 0 Å². The zero-order valence-corrected chi connectivity index (χ0v) is 14.3. The minimum atomic E-state index is -0.428. The number of nitrogens with one attached hydrogen (secondary N) is 2. The van der Waals surface area contributed by atoms with Crippen LogP contribution < -0.4 is 16.4 Å². The molecule has 0 bridgehead atoms. The molecule has 0 radical (unpaired) electrons. The van der Waals surface area contributed by atoms with Gasteiger partial charge in [-0.1, -0.05) is 11.6 Å². The Balaban J connectivity index is 2.12. The number of guanidine groups is 1. The molecule has 1 aromatic carbocycles. The largest absolute Gasteiger partial charge is 0.399 e. The van der Waals surface area contributed by atoms with Gasteiger partial charge in [-0.3, -0.25) is 4.68 Å². The summed E-state index contributed by atoms with van der Waals surface area (Å²) >= 11 is 6.02. The van der Waals surface area contributed by atoms with Gasteiger partial charge < -0.3 is 16.4 Å². The summed E-state index contributed by atoms with van der Waals surface area (Å²) in [6.07, 6.45) is 3.11. The first-order chi connectivity index (χ1) is 11.3. The van der Waals surface area contributed by atoms with E-state index in [4.69, 9.17) is 17.3 Å². The average molecular weight is 352 g/mol. The van der Waals surface area contributed by atoms with Crippen LogP contribution in [0.25, 0.3) is 0 Å². The summed E-state index contributed by atoms with van der Waals surface area (Å²) in [4.78, 5) is 8.57. The first-order valence-corrected chi connectivity index (χ1v) is 7.60. The molecule has 2 rings (SSSR count). The molecule has 0 unspecified atom stereocenters. The molecule has 0 saturated heterocycles. The fourth-order valence-electron chi connectivity index (χ4n) is 1.87. The van der Waals surface area contributed by atoms with Crippen LogP contribution in [-0.4, -0.2) is 28.1 Å². The van der Waals surface area contributed by atoms with Gasteiger partial charge >= 0.3 is 0 Å². The smallest absolute Gasteiger partial charge is 0.224 e. The SMILES string of the molecule is CC(C)/N=C(\N=C\Nc1cc(N)cc(F)c1)Nc1cn(C)nc1Cl. The summed E-state index contributed by atoms with van der Waals surface area (Å²) in [5.41, 5.74) is 6.99. The zero-order chi connectivity index (χ0) is 17.7. The maximum Gasteiger partial charge on any atom is 0.224 e. The van der Waals surface area contributed by atoms with Gasteiger partial charge in [0.05, 0.1) is 12.0 Å². The quantitative estimate of drug-likeness (QED) is 0.448. The summed E-state index contributed by atoms with van der Waals surface area (Å²) in [5, 5.41) is 10.2. The number of rotatable bonds is 4. The highest BCUT2D eigenvalue weighted by Crippen LogP contribution is 2.19. The molecular formula is C15H19ClFN7. The second-order valence-electron chi connectivity index (χ2n) is 5.35. The van der Waals surface area contributed by atoms with Gasteiger partial charge in [-0.2, -0.15) is 5.10 Å². The molecule has 7 nitrogen and oxygen atoms in total. The van der Waals surface area contributed by atoms with Crippen molar-refractivity contribution in [1.29, 1.82) is 0 Å². The van der Waals surface area contributed by atoms with Crippen molar-refractivity contribution in [3.05, 3.63) is 35.4 Å². The van der Waals surface area contributed by atoms with Crippen molar-refractivity contribution >= 4 is 41.0 Å². The second kappa shape index (κ2) is 7.78. The Morgan fingerprint density at radius 2 is 2.17 bits per heavy atom. The Morgan fingerprint density at radius 3 is 2.75 bits per heavy atom. The Kier molecular flexibility index (Phi) is 5.75. The monoisotopic (exact) mass is 351 g/mol. The number of nitrogens with two attached hydrogens (primary N) is 1. The van der Waals surface area contributed by atoms with Gasteiger partial charge in [0.1, 0.15) is 5.82 Å². The summed E-state index contributed by atoms with van der Waals surface area (Å²) in [6.45, 7) is 3.84. The molecule has 1 aromatic heterocycles. The molecule has 24 heavy (non-hydrogen) atoms. The molecule has 0 atom stereocenters. The van der Waals surface area contributed by atoms with Crippen LogP contribution in [0.1, 0.15) is 13.8 Å². The van der Waals surface area contributed by atoms with E-state index < -0.39 is 5.82 Å². The van der Waals surface area contributed by atoms with E-state index in [0.29, 0.717) is 28.2 Å². The van der Waals surface area contributed by atoms with Gasteiger partial charge in [-0.25, -0.2) is 14.4 Å². The molecule has 128 valence electrons. The van der Waals surface area contributed by atoms with Crippen LogP contribution >= 0.6 is 11.6 Å². The Bertz CT molecular complexity index is 747. The predicted molar refractivity (Wildman–Crippen MR) is 97.3 cm³/mol. The summed E-state index contributed by atoms with van der Waals surface area (Å²) in [5.74, 6) is -0.0842. The maximum absolute atomic E-state index is 13.3. The van der Waals surface area contributed by atoms with Gasteiger partial charge in [0.2, 0.25) is 5.96 Å². The van der Waals surface area contributed by atoms with Crippen LogP contribution in [0.2, 0.25) is 5.15 Å². The molecule has 1 heterocycles. The van der Waals surface area contributed by atoms with Crippen LogP contribution in [0.15, 0.2) is 34.4 Å². The molecule has 9 heteroatoms. The Morgan fingerprint density at radius 1 is 1.42 bits per heavy atom. The first-order valence-electron chi connectivity index (χ1n) is 7.22. The molecule has 0 saturated carbocycles. The molecule has 0 aliphatic rings.